The summed E-state index contributed by atoms with van der Waals surface area (Å²) < 4.78 is 0. The van der Waals surface area contributed by atoms with E-state index in [9.17, 15) is 20.1 Å². The van der Waals surface area contributed by atoms with Crippen LogP contribution in [-0.4, -0.2) is 45.5 Å². The van der Waals surface area contributed by atoms with Gasteiger partial charge in [0.25, 0.3) is 0 Å². The molecule has 0 fully saturated rings. The van der Waals surface area contributed by atoms with E-state index in [-0.39, 0.29) is 12.2 Å². The third-order valence-electron chi connectivity index (χ3n) is 8.86. The Kier molecular flexibility index (Phi) is 30.6. The second-order valence-corrected chi connectivity index (χ2v) is 12.9. The summed E-state index contributed by atoms with van der Waals surface area (Å²) in [7, 11) is 0. The molecule has 0 spiro atoms. The summed E-state index contributed by atoms with van der Waals surface area (Å²) >= 11 is 0. The fourth-order valence-electron chi connectivity index (χ4n) is 5.84. The van der Waals surface area contributed by atoms with Crippen LogP contribution in [0.3, 0.4) is 0 Å². The average molecular weight is 584 g/mol. The summed E-state index contributed by atoms with van der Waals surface area (Å²) in [4.78, 5) is 12.4. The molecule has 0 aromatic heterocycles. The van der Waals surface area contributed by atoms with Gasteiger partial charge in [-0.1, -0.05) is 181 Å². The molecule has 0 heterocycles. The van der Waals surface area contributed by atoms with Crippen LogP contribution in [0.2, 0.25) is 0 Å². The van der Waals surface area contributed by atoms with Crippen LogP contribution in [0.15, 0.2) is 0 Å². The van der Waals surface area contributed by atoms with Crippen molar-refractivity contribution in [3.63, 3.8) is 0 Å². The third kappa shape index (κ3) is 25.7. The highest BCUT2D eigenvalue weighted by Gasteiger charge is 2.32. The summed E-state index contributed by atoms with van der Waals surface area (Å²) in [5, 5.41) is 31.1. The van der Waals surface area contributed by atoms with Crippen molar-refractivity contribution in [2.45, 2.75) is 224 Å². The van der Waals surface area contributed by atoms with Crippen LogP contribution in [0.5, 0.6) is 0 Å². The quantitative estimate of drug-likeness (QED) is 0.0576. The SMILES string of the molecule is CCCCCCCCCCCCCCCCCC(=O)C(O)[C@H](N)[C@H](O)C(O)CCCCCCCCCCCCCC. The van der Waals surface area contributed by atoms with E-state index in [0.29, 0.717) is 6.42 Å². The minimum absolute atomic E-state index is 0.286. The number of hydrogen-bond donors (Lipinski definition) is 4. The smallest absolute Gasteiger partial charge is 0.162 e. The molecule has 246 valence electrons. The molecule has 4 atom stereocenters. The van der Waals surface area contributed by atoms with Crippen molar-refractivity contribution in [2.75, 3.05) is 0 Å². The van der Waals surface area contributed by atoms with Gasteiger partial charge >= 0.3 is 0 Å². The zero-order valence-corrected chi connectivity index (χ0v) is 27.6. The number of rotatable bonds is 33. The van der Waals surface area contributed by atoms with Crippen molar-refractivity contribution in [3.05, 3.63) is 0 Å². The second kappa shape index (κ2) is 31.0. The van der Waals surface area contributed by atoms with E-state index in [1.54, 1.807) is 0 Å². The van der Waals surface area contributed by atoms with Gasteiger partial charge in [-0.25, -0.2) is 0 Å². The predicted octanol–water partition coefficient (Wildman–Crippen LogP) is 9.32. The van der Waals surface area contributed by atoms with Gasteiger partial charge in [-0.15, -0.1) is 0 Å². The van der Waals surface area contributed by atoms with Gasteiger partial charge in [-0.3, -0.25) is 4.79 Å². The van der Waals surface area contributed by atoms with Crippen LogP contribution in [0.25, 0.3) is 0 Å². The number of aliphatic hydroxyl groups is 3. The maximum atomic E-state index is 12.4. The number of aliphatic hydroxyl groups excluding tert-OH is 3. The number of nitrogens with two attached hydrogens (primary N) is 1. The maximum absolute atomic E-state index is 12.4. The molecule has 0 saturated heterocycles. The van der Waals surface area contributed by atoms with Crippen LogP contribution in [-0.2, 0) is 4.79 Å². The zero-order valence-electron chi connectivity index (χ0n) is 27.6. The Labute approximate surface area is 255 Å². The van der Waals surface area contributed by atoms with E-state index in [2.05, 4.69) is 13.8 Å². The largest absolute Gasteiger partial charge is 0.390 e. The Morgan fingerprint density at radius 1 is 0.488 bits per heavy atom. The zero-order chi connectivity index (χ0) is 30.4. The Balaban J connectivity index is 3.68. The number of hydrogen-bond acceptors (Lipinski definition) is 5. The lowest BCUT2D eigenvalue weighted by atomic mass is 9.93. The molecule has 5 heteroatoms. The lowest BCUT2D eigenvalue weighted by Gasteiger charge is -2.27. The normalized spacial score (nSPS) is 14.7. The van der Waals surface area contributed by atoms with Crippen LogP contribution in [0, 0.1) is 0 Å². The Hall–Kier alpha value is -0.490. The fraction of sp³-hybridized carbons (Fsp3) is 0.972. The predicted molar refractivity (Wildman–Crippen MR) is 176 cm³/mol. The van der Waals surface area contributed by atoms with Gasteiger partial charge in [0.1, 0.15) is 6.10 Å². The molecule has 0 aromatic rings. The van der Waals surface area contributed by atoms with E-state index in [4.69, 9.17) is 5.73 Å². The van der Waals surface area contributed by atoms with Crippen molar-refractivity contribution in [1.82, 2.24) is 0 Å². The van der Waals surface area contributed by atoms with Gasteiger partial charge in [0.2, 0.25) is 0 Å². The van der Waals surface area contributed by atoms with E-state index >= 15 is 0 Å². The molecular formula is C36H73NO4. The minimum Gasteiger partial charge on any atom is -0.390 e. The summed E-state index contributed by atoms with van der Waals surface area (Å²) in [6.45, 7) is 4.52. The van der Waals surface area contributed by atoms with Crippen molar-refractivity contribution in [2.24, 2.45) is 5.73 Å². The number of carbonyl (C=O) groups is 1. The van der Waals surface area contributed by atoms with Crippen LogP contribution in [0.1, 0.15) is 200 Å². The van der Waals surface area contributed by atoms with E-state index in [1.807, 2.05) is 0 Å². The molecule has 0 aliphatic heterocycles. The first kappa shape index (κ1) is 40.5. The van der Waals surface area contributed by atoms with Crippen LogP contribution < -0.4 is 5.73 Å². The summed E-state index contributed by atoms with van der Waals surface area (Å²) in [6, 6.07) is -1.13. The molecule has 0 aromatic carbocycles. The first-order valence-corrected chi connectivity index (χ1v) is 18.3. The topological polar surface area (TPSA) is 104 Å². The molecule has 2 unspecified atom stereocenters. The Bertz CT molecular complexity index is 544. The Morgan fingerprint density at radius 2 is 0.780 bits per heavy atom. The highest BCUT2D eigenvalue weighted by Crippen LogP contribution is 2.17. The maximum Gasteiger partial charge on any atom is 0.162 e. The minimum atomic E-state index is -1.41. The van der Waals surface area contributed by atoms with E-state index < -0.39 is 24.4 Å². The molecule has 0 aliphatic carbocycles. The van der Waals surface area contributed by atoms with Crippen molar-refractivity contribution in [3.8, 4) is 0 Å². The second-order valence-electron chi connectivity index (χ2n) is 12.9. The molecular weight excluding hydrogens is 510 g/mol. The molecule has 0 rings (SSSR count). The molecule has 0 aliphatic rings. The highest BCUT2D eigenvalue weighted by molar-refractivity contribution is 5.83. The monoisotopic (exact) mass is 584 g/mol. The molecule has 0 bridgehead atoms. The van der Waals surface area contributed by atoms with Gasteiger partial charge in [-0.2, -0.15) is 0 Å². The molecule has 0 saturated carbocycles. The molecule has 0 amide bonds. The van der Waals surface area contributed by atoms with Crippen molar-refractivity contribution >= 4 is 5.78 Å². The number of Topliss-reactive ketones (excluding diaryl/α,β-unsaturated/α-hetero) is 1. The molecule has 41 heavy (non-hydrogen) atoms. The van der Waals surface area contributed by atoms with Gasteiger partial charge in [-0.05, 0) is 12.8 Å². The van der Waals surface area contributed by atoms with Crippen molar-refractivity contribution in [1.29, 1.82) is 0 Å². The molecule has 5 nitrogen and oxygen atoms in total. The van der Waals surface area contributed by atoms with Crippen LogP contribution in [0.4, 0.5) is 0 Å². The standard InChI is InChI=1S/C36H73NO4/c1-3-5-7-9-11-13-15-17-18-19-21-23-25-27-29-31-33(39)36(41)34(37)35(40)32(38)30-28-26-24-22-20-16-14-12-10-8-6-4-2/h32,34-36,38,40-41H,3-31,37H2,1-2H3/t32?,34-,35-,36?/m1/s1. The van der Waals surface area contributed by atoms with Crippen LogP contribution >= 0.6 is 0 Å². The number of carbonyl (C=O) groups excluding carboxylic acids is 1. The highest BCUT2D eigenvalue weighted by atomic mass is 16.3. The van der Waals surface area contributed by atoms with Gasteiger partial charge < -0.3 is 21.1 Å². The molecule has 5 N–H and O–H groups in total. The number of ketones is 1. The van der Waals surface area contributed by atoms with Gasteiger partial charge in [0.05, 0.1) is 18.2 Å². The third-order valence-corrected chi connectivity index (χ3v) is 8.86. The van der Waals surface area contributed by atoms with E-state index in [1.165, 1.54) is 135 Å². The van der Waals surface area contributed by atoms with Gasteiger partial charge in [0, 0.05) is 6.42 Å². The first-order valence-electron chi connectivity index (χ1n) is 18.3. The lowest BCUT2D eigenvalue weighted by Crippen LogP contribution is -2.52. The van der Waals surface area contributed by atoms with Gasteiger partial charge in [0.15, 0.2) is 5.78 Å². The molecule has 0 radical (unpaired) electrons. The first-order chi connectivity index (χ1) is 20.0. The summed E-state index contributed by atoms with van der Waals surface area (Å²) in [6.07, 6.45) is 31.0. The summed E-state index contributed by atoms with van der Waals surface area (Å²) in [5.41, 5.74) is 5.97. The van der Waals surface area contributed by atoms with E-state index in [0.717, 1.165) is 38.5 Å². The summed E-state index contributed by atoms with van der Waals surface area (Å²) in [5.74, 6) is -0.316. The number of unbranched alkanes of at least 4 members (excludes halogenated alkanes) is 25. The average Bonchev–Trinajstić information content (AvgIpc) is 2.98. The fourth-order valence-corrected chi connectivity index (χ4v) is 5.84. The Morgan fingerprint density at radius 3 is 1.12 bits per heavy atom. The van der Waals surface area contributed by atoms with Crippen molar-refractivity contribution < 1.29 is 20.1 Å². The lowest BCUT2D eigenvalue weighted by molar-refractivity contribution is -0.131.